The number of aromatic amines is 1. The van der Waals surface area contributed by atoms with Crippen LogP contribution in [-0.2, 0) is 13.5 Å². The van der Waals surface area contributed by atoms with Crippen molar-refractivity contribution in [3.8, 4) is 17.1 Å². The molecule has 1 aliphatic rings. The summed E-state index contributed by atoms with van der Waals surface area (Å²) in [5.74, 6) is 2.84. The van der Waals surface area contributed by atoms with Crippen LogP contribution in [0, 0.1) is 5.92 Å². The Bertz CT molecular complexity index is 1350. The zero-order chi connectivity index (χ0) is 23.8. The number of amides is 1. The summed E-state index contributed by atoms with van der Waals surface area (Å²) < 4.78 is 7.35. The van der Waals surface area contributed by atoms with Gasteiger partial charge in [0.25, 0.3) is 5.91 Å². The lowest BCUT2D eigenvalue weighted by Gasteiger charge is -2.11. The van der Waals surface area contributed by atoms with Crippen molar-refractivity contribution >= 4 is 16.8 Å². The number of benzene rings is 2. The largest absolute Gasteiger partial charge is 0.496 e. The highest BCUT2D eigenvalue weighted by Crippen LogP contribution is 2.45. The van der Waals surface area contributed by atoms with Gasteiger partial charge in [0.15, 0.2) is 5.82 Å². The lowest BCUT2D eigenvalue weighted by molar-refractivity contribution is 0.0946. The number of H-pyrrole nitrogens is 1. The molecule has 2 aromatic heterocycles. The number of rotatable bonds is 8. The number of methoxy groups -OCH3 is 1. The summed E-state index contributed by atoms with van der Waals surface area (Å²) in [5, 5.41) is 16.1. The highest BCUT2D eigenvalue weighted by atomic mass is 16.5. The van der Waals surface area contributed by atoms with Crippen molar-refractivity contribution in [2.75, 3.05) is 13.7 Å². The minimum Gasteiger partial charge on any atom is -0.496 e. The van der Waals surface area contributed by atoms with Crippen molar-refractivity contribution in [2.45, 2.75) is 39.0 Å². The quantitative estimate of drug-likeness (QED) is 0.412. The van der Waals surface area contributed by atoms with Gasteiger partial charge in [-0.3, -0.25) is 14.6 Å². The lowest BCUT2D eigenvalue weighted by Crippen LogP contribution is -2.27. The van der Waals surface area contributed by atoms with E-state index in [1.807, 2.05) is 30.1 Å². The molecule has 2 aromatic carbocycles. The van der Waals surface area contributed by atoms with Crippen LogP contribution in [-0.4, -0.2) is 44.5 Å². The third-order valence-electron chi connectivity index (χ3n) is 6.32. The van der Waals surface area contributed by atoms with Crippen LogP contribution < -0.4 is 10.1 Å². The number of aryl methyl sites for hydroxylation is 1. The minimum atomic E-state index is -0.144. The molecule has 8 nitrogen and oxygen atoms in total. The summed E-state index contributed by atoms with van der Waals surface area (Å²) >= 11 is 0. The van der Waals surface area contributed by atoms with Crippen molar-refractivity contribution < 1.29 is 9.53 Å². The first-order valence-corrected chi connectivity index (χ1v) is 11.8. The molecule has 2 N–H and O–H groups in total. The molecule has 0 bridgehead atoms. The van der Waals surface area contributed by atoms with Crippen molar-refractivity contribution in [2.24, 2.45) is 13.0 Å². The second-order valence-electron chi connectivity index (χ2n) is 9.41. The molecule has 176 valence electrons. The van der Waals surface area contributed by atoms with Gasteiger partial charge in [-0.05, 0) is 54.0 Å². The van der Waals surface area contributed by atoms with Gasteiger partial charge in [0.05, 0.1) is 24.4 Å². The molecule has 5 rings (SSSR count). The number of ether oxygens (including phenoxy) is 1. The minimum absolute atomic E-state index is 0.144. The highest BCUT2D eigenvalue weighted by molar-refractivity contribution is 5.97. The van der Waals surface area contributed by atoms with Gasteiger partial charge in [-0.1, -0.05) is 26.0 Å². The fraction of sp³-hybridized carbons (Fsp3) is 0.385. The number of carbonyl (C=O) groups is 1. The average molecular weight is 459 g/mol. The number of nitrogens with one attached hydrogen (secondary N) is 2. The van der Waals surface area contributed by atoms with Gasteiger partial charge in [0, 0.05) is 31.0 Å². The average Bonchev–Trinajstić information content (AvgIpc) is 3.44. The molecular formula is C26H30N6O2. The number of hydrogen-bond acceptors (Lipinski definition) is 5. The molecule has 1 fully saturated rings. The van der Waals surface area contributed by atoms with E-state index in [-0.39, 0.29) is 5.91 Å². The number of aromatic nitrogens is 5. The highest BCUT2D eigenvalue weighted by Gasteiger charge is 2.29. The van der Waals surface area contributed by atoms with Crippen molar-refractivity contribution in [3.05, 3.63) is 59.0 Å². The van der Waals surface area contributed by atoms with Crippen LogP contribution in [0.3, 0.4) is 0 Å². The first-order chi connectivity index (χ1) is 16.4. The second-order valence-corrected chi connectivity index (χ2v) is 9.41. The number of nitrogens with zero attached hydrogens (tertiary/aromatic N) is 4. The Labute approximate surface area is 198 Å². The molecule has 2 heterocycles. The molecule has 1 saturated carbocycles. The third-order valence-corrected chi connectivity index (χ3v) is 6.32. The van der Waals surface area contributed by atoms with E-state index in [2.05, 4.69) is 46.6 Å². The maximum Gasteiger partial charge on any atom is 0.255 e. The summed E-state index contributed by atoms with van der Waals surface area (Å²) in [6.07, 6.45) is 5.07. The first-order valence-electron chi connectivity index (χ1n) is 11.8. The van der Waals surface area contributed by atoms with Gasteiger partial charge in [0.2, 0.25) is 0 Å². The molecule has 1 amide bonds. The van der Waals surface area contributed by atoms with Gasteiger partial charge >= 0.3 is 0 Å². The van der Waals surface area contributed by atoms with Crippen molar-refractivity contribution in [3.63, 3.8) is 0 Å². The molecule has 1 aliphatic carbocycles. The van der Waals surface area contributed by atoms with E-state index in [9.17, 15) is 4.79 Å². The van der Waals surface area contributed by atoms with Crippen LogP contribution in [0.15, 0.2) is 36.5 Å². The van der Waals surface area contributed by atoms with Crippen LogP contribution in [0.2, 0.25) is 0 Å². The van der Waals surface area contributed by atoms with E-state index in [0.29, 0.717) is 41.9 Å². The Morgan fingerprint density at radius 3 is 2.82 bits per heavy atom. The van der Waals surface area contributed by atoms with Crippen molar-refractivity contribution in [1.82, 2.24) is 30.3 Å². The van der Waals surface area contributed by atoms with Crippen LogP contribution in [0.1, 0.15) is 59.9 Å². The molecule has 34 heavy (non-hydrogen) atoms. The zero-order valence-electron chi connectivity index (χ0n) is 20.1. The third kappa shape index (κ3) is 4.27. The molecule has 0 spiro atoms. The normalized spacial score (nSPS) is 13.6. The van der Waals surface area contributed by atoms with Crippen molar-refractivity contribution in [1.29, 1.82) is 0 Å². The summed E-state index contributed by atoms with van der Waals surface area (Å²) in [4.78, 5) is 17.4. The van der Waals surface area contributed by atoms with E-state index >= 15 is 0 Å². The maximum atomic E-state index is 12.6. The predicted octanol–water partition coefficient (Wildman–Crippen LogP) is 4.22. The van der Waals surface area contributed by atoms with Gasteiger partial charge in [-0.15, -0.1) is 0 Å². The molecule has 0 unspecified atom stereocenters. The Morgan fingerprint density at radius 2 is 2.09 bits per heavy atom. The lowest BCUT2D eigenvalue weighted by atomic mass is 9.96. The topological polar surface area (TPSA) is 97.7 Å². The molecular weight excluding hydrogens is 428 g/mol. The number of carbonyl (C=O) groups excluding carboxylic acids is 1. The molecule has 8 heteroatoms. The van der Waals surface area contributed by atoms with Crippen LogP contribution >= 0.6 is 0 Å². The van der Waals surface area contributed by atoms with E-state index in [1.54, 1.807) is 13.2 Å². The van der Waals surface area contributed by atoms with E-state index in [1.165, 1.54) is 29.4 Å². The summed E-state index contributed by atoms with van der Waals surface area (Å²) in [7, 11) is 3.49. The Hall–Kier alpha value is -3.68. The van der Waals surface area contributed by atoms with Gasteiger partial charge < -0.3 is 10.1 Å². The van der Waals surface area contributed by atoms with Gasteiger partial charge in [-0.25, -0.2) is 4.98 Å². The second kappa shape index (κ2) is 8.93. The molecule has 0 aliphatic heterocycles. The van der Waals surface area contributed by atoms with Gasteiger partial charge in [0.1, 0.15) is 11.6 Å². The Morgan fingerprint density at radius 1 is 1.26 bits per heavy atom. The predicted molar refractivity (Wildman–Crippen MR) is 131 cm³/mol. The summed E-state index contributed by atoms with van der Waals surface area (Å²) in [6, 6.07) is 9.75. The maximum absolute atomic E-state index is 12.6. The fourth-order valence-electron chi connectivity index (χ4n) is 4.37. The van der Waals surface area contributed by atoms with Gasteiger partial charge in [-0.2, -0.15) is 10.2 Å². The first kappa shape index (κ1) is 22.1. The van der Waals surface area contributed by atoms with E-state index in [0.717, 1.165) is 16.9 Å². The zero-order valence-corrected chi connectivity index (χ0v) is 20.1. The monoisotopic (exact) mass is 458 g/mol. The standard InChI is InChI=1S/C26H30N6O2/c1-15(2)13-27-26(33)19-9-7-18(11-22(19)34-4)25-29-23(32(3)31-25)12-17-8-10-21-20(14-28-30-21)24(17)16-5-6-16/h7-11,14-16H,5-6,12-13H2,1-4H3,(H,27,33)(H,28,30). The molecule has 0 atom stereocenters. The van der Waals surface area contributed by atoms with E-state index in [4.69, 9.17) is 9.72 Å². The SMILES string of the molecule is COc1cc(-c2nc(Cc3ccc4[nH]ncc4c3C3CC3)n(C)n2)ccc1C(=O)NCC(C)C. The van der Waals surface area contributed by atoms with Crippen LogP contribution in [0.5, 0.6) is 5.75 Å². The number of hydrogen-bond donors (Lipinski definition) is 2. The van der Waals surface area contributed by atoms with Crippen LogP contribution in [0.4, 0.5) is 0 Å². The summed E-state index contributed by atoms with van der Waals surface area (Å²) in [5.41, 5.74) is 5.05. The smallest absolute Gasteiger partial charge is 0.255 e. The molecule has 0 saturated heterocycles. The van der Waals surface area contributed by atoms with E-state index < -0.39 is 0 Å². The Kier molecular flexibility index (Phi) is 5.81. The molecule has 4 aromatic rings. The fourth-order valence-corrected chi connectivity index (χ4v) is 4.37. The summed E-state index contributed by atoms with van der Waals surface area (Å²) in [6.45, 7) is 4.74. The Balaban J connectivity index is 1.43. The number of fused-ring (bicyclic) bond motifs is 1. The van der Waals surface area contributed by atoms with Crippen LogP contribution in [0.25, 0.3) is 22.3 Å². The molecule has 0 radical (unpaired) electrons.